The van der Waals surface area contributed by atoms with Crippen LogP contribution in [0.2, 0.25) is 0 Å². The molecule has 2 heterocycles. The van der Waals surface area contributed by atoms with Crippen LogP contribution in [0.15, 0.2) is 308 Å². The Kier molecular flexibility index (Phi) is 10.0. The van der Waals surface area contributed by atoms with Gasteiger partial charge in [-0.1, -0.05) is 218 Å². The monoisotopic (exact) mass is 1070 g/mol. The van der Waals surface area contributed by atoms with E-state index in [1.807, 2.05) is 0 Å². The molecule has 18 rings (SSSR count). The number of fused-ring (bicyclic) bond motifs is 18. The van der Waals surface area contributed by atoms with Gasteiger partial charge in [0, 0.05) is 50.1 Å². The van der Waals surface area contributed by atoms with Crippen molar-refractivity contribution in [3.05, 3.63) is 326 Å². The molecule has 0 bridgehead atoms. The molecule has 3 nitrogen and oxygen atoms in total. The molecular formula is C81H50N2O. The van der Waals surface area contributed by atoms with Crippen molar-refractivity contribution in [2.24, 2.45) is 0 Å². The van der Waals surface area contributed by atoms with Gasteiger partial charge in [0.25, 0.3) is 0 Å². The summed E-state index contributed by atoms with van der Waals surface area (Å²) in [7, 11) is 0. The van der Waals surface area contributed by atoms with Gasteiger partial charge in [0.05, 0.1) is 22.1 Å². The van der Waals surface area contributed by atoms with Crippen molar-refractivity contribution in [1.29, 1.82) is 0 Å². The van der Waals surface area contributed by atoms with Crippen LogP contribution in [-0.2, 0) is 5.41 Å². The Morgan fingerprint density at radius 2 is 0.821 bits per heavy atom. The van der Waals surface area contributed by atoms with Crippen LogP contribution in [0.4, 0.5) is 17.1 Å². The molecule has 2 aliphatic rings. The highest BCUT2D eigenvalue weighted by Gasteiger charge is 2.52. The molecule has 1 spiro atoms. The largest absolute Gasteiger partial charge is 0.456 e. The molecule has 0 saturated carbocycles. The lowest BCUT2D eigenvalue weighted by molar-refractivity contribution is 0.669. The van der Waals surface area contributed by atoms with E-state index in [0.717, 1.165) is 61.3 Å². The van der Waals surface area contributed by atoms with Gasteiger partial charge in [0.1, 0.15) is 11.2 Å². The standard InChI is InChI=1S/C81H50N2O/c1-3-18-51(19-4-1)57-36-41-64-62-27-11-14-30-72(62)81(74(64)45-57)73-31-15-12-28-63(73)70-49-68(69(50-75(70)81)53-20-5-2-6-21-53)54-34-37-58(38-35-54)83-77-32-16-13-29-65(77)66-42-39-59(47-78(66)83)82(76-33-17-25-52-22-9-10-26-61(52)76)60-40-43-67-71-44-55-23-7-8-24-56(55)46-79(71)84-80(67)48-60/h1-50H. The highest BCUT2D eigenvalue weighted by Crippen LogP contribution is 2.64. The number of nitrogens with zero attached hydrogens (tertiary/aromatic N) is 2. The maximum atomic E-state index is 6.74. The molecule has 0 N–H and O–H groups in total. The maximum absolute atomic E-state index is 6.74. The van der Waals surface area contributed by atoms with Crippen molar-refractivity contribution in [3.63, 3.8) is 0 Å². The number of rotatable bonds is 7. The molecule has 14 aromatic carbocycles. The second-order valence-corrected chi connectivity index (χ2v) is 22.7. The second kappa shape index (κ2) is 18.0. The van der Waals surface area contributed by atoms with Crippen LogP contribution >= 0.6 is 0 Å². The minimum atomic E-state index is -0.511. The van der Waals surface area contributed by atoms with Gasteiger partial charge in [-0.3, -0.25) is 0 Å². The first kappa shape index (κ1) is 46.7. The van der Waals surface area contributed by atoms with E-state index in [-0.39, 0.29) is 0 Å². The number of furan rings is 1. The van der Waals surface area contributed by atoms with Crippen molar-refractivity contribution < 1.29 is 4.42 Å². The van der Waals surface area contributed by atoms with Crippen LogP contribution in [0.3, 0.4) is 0 Å². The van der Waals surface area contributed by atoms with Crippen molar-refractivity contribution in [3.8, 4) is 61.3 Å². The molecular weight excluding hydrogens is 1020 g/mol. The van der Waals surface area contributed by atoms with Crippen molar-refractivity contribution in [1.82, 2.24) is 4.57 Å². The summed E-state index contributed by atoms with van der Waals surface area (Å²) in [5, 5.41) is 9.34. The fourth-order valence-corrected chi connectivity index (χ4v) is 14.7. The molecule has 0 radical (unpaired) electrons. The molecule has 0 saturated heterocycles. The topological polar surface area (TPSA) is 21.3 Å². The summed E-state index contributed by atoms with van der Waals surface area (Å²) in [6, 6.07) is 112. The minimum Gasteiger partial charge on any atom is -0.456 e. The van der Waals surface area contributed by atoms with Gasteiger partial charge in [0.15, 0.2) is 0 Å². The number of hydrogen-bond acceptors (Lipinski definition) is 2. The van der Waals surface area contributed by atoms with Crippen LogP contribution in [-0.4, -0.2) is 4.57 Å². The van der Waals surface area contributed by atoms with Gasteiger partial charge in [-0.2, -0.15) is 0 Å². The fraction of sp³-hybridized carbons (Fsp3) is 0.0123. The maximum Gasteiger partial charge on any atom is 0.137 e. The van der Waals surface area contributed by atoms with Crippen LogP contribution in [0.25, 0.3) is 127 Å². The molecule has 0 amide bonds. The zero-order valence-corrected chi connectivity index (χ0v) is 45.7. The van der Waals surface area contributed by atoms with Crippen LogP contribution in [0.5, 0.6) is 0 Å². The molecule has 0 fully saturated rings. The number of anilines is 3. The Morgan fingerprint density at radius 3 is 1.61 bits per heavy atom. The van der Waals surface area contributed by atoms with Crippen LogP contribution in [0.1, 0.15) is 22.3 Å². The van der Waals surface area contributed by atoms with Crippen molar-refractivity contribution >= 4 is 82.4 Å². The Morgan fingerprint density at radius 1 is 0.274 bits per heavy atom. The molecule has 0 aliphatic heterocycles. The highest BCUT2D eigenvalue weighted by molar-refractivity contribution is 6.13. The van der Waals surface area contributed by atoms with E-state index in [0.29, 0.717) is 0 Å². The van der Waals surface area contributed by atoms with Gasteiger partial charge in [-0.25, -0.2) is 0 Å². The third-order valence-electron chi connectivity index (χ3n) is 18.4. The van der Waals surface area contributed by atoms with E-state index in [2.05, 4.69) is 313 Å². The second-order valence-electron chi connectivity index (χ2n) is 22.7. The van der Waals surface area contributed by atoms with Gasteiger partial charge in [-0.05, 0) is 173 Å². The summed E-state index contributed by atoms with van der Waals surface area (Å²) in [6.45, 7) is 0. The zero-order valence-electron chi connectivity index (χ0n) is 45.7. The lowest BCUT2D eigenvalue weighted by atomic mass is 9.69. The molecule has 2 aromatic heterocycles. The first-order chi connectivity index (χ1) is 41.6. The molecule has 84 heavy (non-hydrogen) atoms. The molecule has 3 heteroatoms. The quantitative estimate of drug-likeness (QED) is 0.159. The lowest BCUT2D eigenvalue weighted by Gasteiger charge is -2.31. The molecule has 16 aromatic rings. The molecule has 1 unspecified atom stereocenters. The van der Waals surface area contributed by atoms with E-state index in [9.17, 15) is 0 Å². The highest BCUT2D eigenvalue weighted by atomic mass is 16.3. The van der Waals surface area contributed by atoms with E-state index in [4.69, 9.17) is 4.42 Å². The number of hydrogen-bond donors (Lipinski definition) is 0. The van der Waals surface area contributed by atoms with Gasteiger partial charge >= 0.3 is 0 Å². The van der Waals surface area contributed by atoms with Crippen molar-refractivity contribution in [2.75, 3.05) is 4.90 Å². The first-order valence-electron chi connectivity index (χ1n) is 29.0. The normalized spacial score (nSPS) is 14.0. The molecule has 2 aliphatic carbocycles. The Balaban J connectivity index is 0.810. The summed E-state index contributed by atoms with van der Waals surface area (Å²) in [5.41, 5.74) is 25.4. The smallest absolute Gasteiger partial charge is 0.137 e. The zero-order chi connectivity index (χ0) is 55.0. The first-order valence-corrected chi connectivity index (χ1v) is 29.0. The van der Waals surface area contributed by atoms with Crippen LogP contribution in [0, 0.1) is 0 Å². The van der Waals surface area contributed by atoms with E-state index in [1.165, 1.54) is 105 Å². The predicted molar refractivity (Wildman–Crippen MR) is 350 cm³/mol. The molecule has 390 valence electrons. The lowest BCUT2D eigenvalue weighted by Crippen LogP contribution is -2.26. The Bertz CT molecular complexity index is 5370. The molecule has 1 atom stereocenters. The summed E-state index contributed by atoms with van der Waals surface area (Å²) >= 11 is 0. The Hall–Kier alpha value is -11.0. The summed E-state index contributed by atoms with van der Waals surface area (Å²) in [5.74, 6) is 0. The average Bonchev–Trinajstić information content (AvgIpc) is 1.62. The SMILES string of the molecule is c1ccc(-c2ccc3c(c2)C2(c4ccccc4-3)c3ccccc3-c3cc(-c4ccc(-n5c6ccccc6c6ccc(N(c7ccc8c(c7)oc7cc9ccccc9cc78)c7cccc8ccccc78)cc65)cc4)c(-c4ccccc4)cc32)cc1. The summed E-state index contributed by atoms with van der Waals surface area (Å²) < 4.78 is 9.19. The van der Waals surface area contributed by atoms with Gasteiger partial charge < -0.3 is 13.9 Å². The Labute approximate surface area is 485 Å². The van der Waals surface area contributed by atoms with E-state index in [1.54, 1.807) is 0 Å². The van der Waals surface area contributed by atoms with E-state index >= 15 is 0 Å². The van der Waals surface area contributed by atoms with Gasteiger partial charge in [-0.15, -0.1) is 0 Å². The van der Waals surface area contributed by atoms with Crippen LogP contribution < -0.4 is 4.90 Å². The third-order valence-corrected chi connectivity index (χ3v) is 18.4. The number of benzene rings is 14. The van der Waals surface area contributed by atoms with Crippen molar-refractivity contribution in [2.45, 2.75) is 5.41 Å². The fourth-order valence-electron chi connectivity index (χ4n) is 14.7. The third kappa shape index (κ3) is 6.75. The summed E-state index contributed by atoms with van der Waals surface area (Å²) in [6.07, 6.45) is 0. The van der Waals surface area contributed by atoms with Gasteiger partial charge in [0.2, 0.25) is 0 Å². The summed E-state index contributed by atoms with van der Waals surface area (Å²) in [4.78, 5) is 2.40. The predicted octanol–water partition coefficient (Wildman–Crippen LogP) is 21.8. The van der Waals surface area contributed by atoms with E-state index < -0.39 is 5.41 Å². The number of para-hydroxylation sites is 1. The minimum absolute atomic E-state index is 0.511. The number of aromatic nitrogens is 1. The average molecular weight is 1070 g/mol.